The van der Waals surface area contributed by atoms with Gasteiger partial charge in [0, 0.05) is 31.6 Å². The second-order valence-corrected chi connectivity index (χ2v) is 4.85. The summed E-state index contributed by atoms with van der Waals surface area (Å²) >= 11 is 0. The quantitative estimate of drug-likeness (QED) is 0.878. The lowest BCUT2D eigenvalue weighted by Gasteiger charge is -2.13. The van der Waals surface area contributed by atoms with E-state index in [4.69, 9.17) is 4.74 Å². The highest BCUT2D eigenvalue weighted by Gasteiger charge is 2.31. The van der Waals surface area contributed by atoms with Crippen molar-refractivity contribution in [3.63, 3.8) is 0 Å². The molecule has 128 valence electrons. The van der Waals surface area contributed by atoms with Gasteiger partial charge in [-0.05, 0) is 17.7 Å². The van der Waals surface area contributed by atoms with Crippen molar-refractivity contribution in [1.29, 1.82) is 0 Å². The molecule has 1 heterocycles. The SMILES string of the molecule is COCc1cncc(C(=O)NCc2ccccc2OC(F)(F)F)c1. The molecule has 0 bridgehead atoms. The Hall–Kier alpha value is -2.61. The minimum Gasteiger partial charge on any atom is -0.405 e. The van der Waals surface area contributed by atoms with E-state index in [0.717, 1.165) is 0 Å². The van der Waals surface area contributed by atoms with Crippen molar-refractivity contribution in [3.8, 4) is 5.75 Å². The Bertz CT molecular complexity index is 705. The van der Waals surface area contributed by atoms with Gasteiger partial charge in [0.25, 0.3) is 5.91 Å². The number of nitrogens with one attached hydrogen (secondary N) is 1. The van der Waals surface area contributed by atoms with Crippen LogP contribution in [0.2, 0.25) is 0 Å². The van der Waals surface area contributed by atoms with Gasteiger partial charge in [0.1, 0.15) is 5.75 Å². The van der Waals surface area contributed by atoms with Gasteiger partial charge in [-0.25, -0.2) is 0 Å². The molecule has 0 fully saturated rings. The fourth-order valence-electron chi connectivity index (χ4n) is 2.01. The van der Waals surface area contributed by atoms with Crippen LogP contribution in [0.25, 0.3) is 0 Å². The molecule has 5 nitrogen and oxygen atoms in total. The number of benzene rings is 1. The average Bonchev–Trinajstić information content (AvgIpc) is 2.53. The molecule has 1 aromatic heterocycles. The largest absolute Gasteiger partial charge is 0.573 e. The van der Waals surface area contributed by atoms with Crippen LogP contribution in [0, 0.1) is 0 Å². The second-order valence-electron chi connectivity index (χ2n) is 4.85. The number of hydrogen-bond acceptors (Lipinski definition) is 4. The summed E-state index contributed by atoms with van der Waals surface area (Å²) < 4.78 is 46.0. The molecule has 1 N–H and O–H groups in total. The summed E-state index contributed by atoms with van der Waals surface area (Å²) in [7, 11) is 1.52. The fourth-order valence-corrected chi connectivity index (χ4v) is 2.01. The molecule has 0 aliphatic heterocycles. The first kappa shape index (κ1) is 17.7. The summed E-state index contributed by atoms with van der Waals surface area (Å²) in [4.78, 5) is 16.0. The molecule has 0 aliphatic carbocycles. The number of alkyl halides is 3. The number of rotatable bonds is 6. The number of ether oxygens (including phenoxy) is 2. The van der Waals surface area contributed by atoms with E-state index in [1.807, 2.05) is 0 Å². The smallest absolute Gasteiger partial charge is 0.405 e. The molecule has 0 radical (unpaired) electrons. The first-order valence-electron chi connectivity index (χ1n) is 6.94. The minimum atomic E-state index is -4.79. The molecule has 0 saturated carbocycles. The van der Waals surface area contributed by atoms with Crippen LogP contribution in [0.1, 0.15) is 21.5 Å². The number of nitrogens with zero attached hydrogens (tertiary/aromatic N) is 1. The van der Waals surface area contributed by atoms with Gasteiger partial charge in [-0.3, -0.25) is 9.78 Å². The third-order valence-electron chi connectivity index (χ3n) is 3.01. The molecule has 24 heavy (non-hydrogen) atoms. The lowest BCUT2D eigenvalue weighted by atomic mass is 10.1. The molecular formula is C16H15F3N2O3. The summed E-state index contributed by atoms with van der Waals surface area (Å²) in [6, 6.07) is 7.22. The fraction of sp³-hybridized carbons (Fsp3) is 0.250. The predicted molar refractivity (Wildman–Crippen MR) is 79.2 cm³/mol. The molecule has 0 unspecified atom stereocenters. The van der Waals surface area contributed by atoms with Gasteiger partial charge < -0.3 is 14.8 Å². The number of hydrogen-bond donors (Lipinski definition) is 1. The van der Waals surface area contributed by atoms with Gasteiger partial charge >= 0.3 is 6.36 Å². The number of pyridine rings is 1. The number of amides is 1. The van der Waals surface area contributed by atoms with Gasteiger partial charge in [0.05, 0.1) is 12.2 Å². The highest BCUT2D eigenvalue weighted by Crippen LogP contribution is 2.26. The normalized spacial score (nSPS) is 11.2. The third-order valence-corrected chi connectivity index (χ3v) is 3.01. The summed E-state index contributed by atoms with van der Waals surface area (Å²) in [6.45, 7) is 0.190. The van der Waals surface area contributed by atoms with Gasteiger partial charge in [-0.2, -0.15) is 0 Å². The maximum atomic E-state index is 12.4. The number of carbonyl (C=O) groups is 1. The maximum absolute atomic E-state index is 12.4. The highest BCUT2D eigenvalue weighted by molar-refractivity contribution is 5.94. The maximum Gasteiger partial charge on any atom is 0.573 e. The topological polar surface area (TPSA) is 60.5 Å². The van der Waals surface area contributed by atoms with E-state index in [0.29, 0.717) is 17.7 Å². The molecule has 0 spiro atoms. The Morgan fingerprint density at radius 1 is 1.25 bits per heavy atom. The van der Waals surface area contributed by atoms with E-state index in [1.54, 1.807) is 18.3 Å². The van der Waals surface area contributed by atoms with Crippen LogP contribution in [0.4, 0.5) is 13.2 Å². The van der Waals surface area contributed by atoms with Crippen molar-refractivity contribution in [2.24, 2.45) is 0 Å². The van der Waals surface area contributed by atoms with Crippen molar-refractivity contribution in [1.82, 2.24) is 10.3 Å². The first-order valence-corrected chi connectivity index (χ1v) is 6.94. The van der Waals surface area contributed by atoms with E-state index in [-0.39, 0.29) is 17.9 Å². The second kappa shape index (κ2) is 7.78. The van der Waals surface area contributed by atoms with Crippen LogP contribution in [0.5, 0.6) is 5.75 Å². The van der Waals surface area contributed by atoms with Crippen LogP contribution in [0.3, 0.4) is 0 Å². The molecule has 2 aromatic rings. The zero-order valence-corrected chi connectivity index (χ0v) is 12.8. The number of methoxy groups -OCH3 is 1. The Balaban J connectivity index is 2.05. The Morgan fingerprint density at radius 2 is 2.00 bits per heavy atom. The van der Waals surface area contributed by atoms with E-state index in [2.05, 4.69) is 15.0 Å². The standard InChI is InChI=1S/C16H15F3N2O3/c1-23-10-11-6-13(8-20-7-11)15(22)21-9-12-4-2-3-5-14(12)24-16(17,18)19/h2-8H,9-10H2,1H3,(H,21,22). The summed E-state index contributed by atoms with van der Waals surface area (Å²) in [5.74, 6) is -0.807. The molecule has 0 aliphatic rings. The number of para-hydroxylation sites is 1. The van der Waals surface area contributed by atoms with Crippen LogP contribution in [-0.2, 0) is 17.9 Å². The first-order chi connectivity index (χ1) is 11.4. The van der Waals surface area contributed by atoms with Gasteiger partial charge in [-0.15, -0.1) is 13.2 Å². The Labute approximate surface area is 136 Å². The van der Waals surface area contributed by atoms with Gasteiger partial charge in [0.2, 0.25) is 0 Å². The molecule has 0 atom stereocenters. The molecule has 0 saturated heterocycles. The van der Waals surface area contributed by atoms with E-state index < -0.39 is 12.3 Å². The average molecular weight is 340 g/mol. The van der Waals surface area contributed by atoms with Crippen molar-refractivity contribution in [2.45, 2.75) is 19.5 Å². The van der Waals surface area contributed by atoms with Crippen molar-refractivity contribution >= 4 is 5.91 Å². The lowest BCUT2D eigenvalue weighted by molar-refractivity contribution is -0.274. The van der Waals surface area contributed by atoms with E-state index in [9.17, 15) is 18.0 Å². The van der Waals surface area contributed by atoms with Crippen LogP contribution < -0.4 is 10.1 Å². The summed E-state index contributed by atoms with van der Waals surface area (Å²) in [5.41, 5.74) is 1.22. The van der Waals surface area contributed by atoms with Gasteiger partial charge in [0.15, 0.2) is 0 Å². The molecule has 2 rings (SSSR count). The van der Waals surface area contributed by atoms with Crippen LogP contribution >= 0.6 is 0 Å². The Morgan fingerprint density at radius 3 is 2.71 bits per heavy atom. The number of carbonyl (C=O) groups excluding carboxylic acids is 1. The zero-order valence-electron chi connectivity index (χ0n) is 12.8. The van der Waals surface area contributed by atoms with E-state index in [1.165, 1.54) is 31.5 Å². The molecule has 8 heteroatoms. The Kier molecular flexibility index (Phi) is 5.75. The lowest BCUT2D eigenvalue weighted by Crippen LogP contribution is -2.24. The molecule has 1 amide bonds. The molecule has 1 aromatic carbocycles. The monoisotopic (exact) mass is 340 g/mol. The number of halogens is 3. The number of aromatic nitrogens is 1. The predicted octanol–water partition coefficient (Wildman–Crippen LogP) is 3.06. The minimum absolute atomic E-state index is 0.112. The summed E-state index contributed by atoms with van der Waals surface area (Å²) in [5, 5.41) is 2.54. The van der Waals surface area contributed by atoms with Crippen LogP contribution in [-0.4, -0.2) is 24.4 Å². The summed E-state index contributed by atoms with van der Waals surface area (Å²) in [6.07, 6.45) is -1.86. The molecular weight excluding hydrogens is 325 g/mol. The van der Waals surface area contributed by atoms with Gasteiger partial charge in [-0.1, -0.05) is 18.2 Å². The van der Waals surface area contributed by atoms with E-state index >= 15 is 0 Å². The highest BCUT2D eigenvalue weighted by atomic mass is 19.4. The zero-order chi connectivity index (χ0) is 17.6. The van der Waals surface area contributed by atoms with Crippen molar-refractivity contribution in [2.75, 3.05) is 7.11 Å². The van der Waals surface area contributed by atoms with Crippen molar-refractivity contribution in [3.05, 3.63) is 59.4 Å². The van der Waals surface area contributed by atoms with Crippen LogP contribution in [0.15, 0.2) is 42.7 Å². The third kappa shape index (κ3) is 5.24. The van der Waals surface area contributed by atoms with Crippen molar-refractivity contribution < 1.29 is 27.4 Å².